The first-order chi connectivity index (χ1) is 9.67. The van der Waals surface area contributed by atoms with Gasteiger partial charge in [-0.1, -0.05) is 5.21 Å². The van der Waals surface area contributed by atoms with E-state index in [9.17, 15) is 0 Å². The normalized spacial score (nSPS) is 10.6. The molecular weight excluding hydrogens is 256 g/mol. The molecule has 20 heavy (non-hydrogen) atoms. The van der Waals surface area contributed by atoms with E-state index in [2.05, 4.69) is 15.6 Å². The Labute approximate surface area is 118 Å². The molecule has 0 atom stereocenters. The summed E-state index contributed by atoms with van der Waals surface area (Å²) in [5, 5.41) is 11.3. The molecule has 0 saturated heterocycles. The number of nitrogens with zero attached hydrogens (tertiary/aromatic N) is 3. The molecule has 6 heteroatoms. The van der Waals surface area contributed by atoms with Gasteiger partial charge in [-0.3, -0.25) is 0 Å². The number of nitrogens with one attached hydrogen (secondary N) is 1. The Morgan fingerprint density at radius 2 is 1.90 bits per heavy atom. The second-order valence-electron chi connectivity index (χ2n) is 4.57. The van der Waals surface area contributed by atoms with Crippen molar-refractivity contribution in [2.75, 3.05) is 21.3 Å². The lowest BCUT2D eigenvalue weighted by molar-refractivity contribution is 0.354. The van der Waals surface area contributed by atoms with Crippen LogP contribution in [-0.2, 0) is 13.1 Å². The lowest BCUT2D eigenvalue weighted by Crippen LogP contribution is -2.05. The van der Waals surface area contributed by atoms with Gasteiger partial charge < -0.3 is 14.8 Å². The highest BCUT2D eigenvalue weighted by atomic mass is 16.5. The van der Waals surface area contributed by atoms with Crippen molar-refractivity contribution in [1.29, 1.82) is 0 Å². The molecule has 0 bridgehead atoms. The average Bonchev–Trinajstić information content (AvgIpc) is 2.88. The Bertz CT molecular complexity index is 581. The minimum absolute atomic E-state index is 0.656. The smallest absolute Gasteiger partial charge is 0.161 e. The Hall–Kier alpha value is -2.08. The molecule has 0 aliphatic rings. The van der Waals surface area contributed by atoms with Crippen LogP contribution in [0.2, 0.25) is 0 Å². The van der Waals surface area contributed by atoms with Crippen LogP contribution in [0.4, 0.5) is 0 Å². The zero-order valence-electron chi connectivity index (χ0n) is 12.3. The van der Waals surface area contributed by atoms with Gasteiger partial charge in [0, 0.05) is 6.54 Å². The molecule has 1 N–H and O–H groups in total. The van der Waals surface area contributed by atoms with Gasteiger partial charge >= 0.3 is 0 Å². The van der Waals surface area contributed by atoms with Crippen LogP contribution in [0.1, 0.15) is 16.8 Å². The molecule has 0 spiro atoms. The molecule has 2 aromatic rings. The average molecular weight is 276 g/mol. The second-order valence-corrected chi connectivity index (χ2v) is 4.57. The summed E-state index contributed by atoms with van der Waals surface area (Å²) in [6.07, 6.45) is 1.94. The Morgan fingerprint density at radius 1 is 1.20 bits per heavy atom. The van der Waals surface area contributed by atoms with Crippen LogP contribution in [0.25, 0.3) is 0 Å². The largest absolute Gasteiger partial charge is 0.493 e. The third kappa shape index (κ3) is 3.08. The van der Waals surface area contributed by atoms with Crippen molar-refractivity contribution in [2.24, 2.45) is 0 Å². The number of hydrogen-bond donors (Lipinski definition) is 1. The number of aryl methyl sites for hydroxylation is 1. The van der Waals surface area contributed by atoms with E-state index in [1.54, 1.807) is 14.2 Å². The van der Waals surface area contributed by atoms with E-state index >= 15 is 0 Å². The molecule has 1 heterocycles. The molecule has 0 radical (unpaired) electrons. The van der Waals surface area contributed by atoms with Gasteiger partial charge in [-0.15, -0.1) is 5.10 Å². The van der Waals surface area contributed by atoms with Crippen LogP contribution in [0.3, 0.4) is 0 Å². The third-order valence-corrected chi connectivity index (χ3v) is 3.12. The number of aromatic nitrogens is 3. The van der Waals surface area contributed by atoms with Gasteiger partial charge in [-0.2, -0.15) is 0 Å². The van der Waals surface area contributed by atoms with Gasteiger partial charge in [0.1, 0.15) is 0 Å². The molecule has 0 fully saturated rings. The maximum absolute atomic E-state index is 5.33. The SMILES string of the molecule is CNCc1cn(Cc2cc(OC)c(OC)cc2C)nn1. The summed E-state index contributed by atoms with van der Waals surface area (Å²) in [6, 6.07) is 3.95. The van der Waals surface area contributed by atoms with Crippen molar-refractivity contribution in [1.82, 2.24) is 20.3 Å². The molecule has 0 amide bonds. The van der Waals surface area contributed by atoms with E-state index in [1.807, 2.05) is 37.0 Å². The fourth-order valence-electron chi connectivity index (χ4n) is 2.05. The lowest BCUT2D eigenvalue weighted by Gasteiger charge is -2.12. The van der Waals surface area contributed by atoms with Crippen LogP contribution in [0.15, 0.2) is 18.3 Å². The maximum atomic E-state index is 5.33. The molecule has 0 aliphatic heterocycles. The second kappa shape index (κ2) is 6.38. The summed E-state index contributed by atoms with van der Waals surface area (Å²) in [7, 11) is 5.16. The summed E-state index contributed by atoms with van der Waals surface area (Å²) in [6.45, 7) is 3.41. The lowest BCUT2D eigenvalue weighted by atomic mass is 10.1. The van der Waals surface area contributed by atoms with Crippen molar-refractivity contribution in [3.63, 3.8) is 0 Å². The minimum Gasteiger partial charge on any atom is -0.493 e. The number of methoxy groups -OCH3 is 2. The van der Waals surface area contributed by atoms with Crippen molar-refractivity contribution >= 4 is 0 Å². The highest BCUT2D eigenvalue weighted by Crippen LogP contribution is 2.30. The fourth-order valence-corrected chi connectivity index (χ4v) is 2.05. The van der Waals surface area contributed by atoms with E-state index in [1.165, 1.54) is 0 Å². The molecular formula is C14H20N4O2. The number of rotatable bonds is 6. The Morgan fingerprint density at radius 3 is 2.55 bits per heavy atom. The van der Waals surface area contributed by atoms with Gasteiger partial charge in [-0.25, -0.2) is 4.68 Å². The molecule has 1 aromatic carbocycles. The molecule has 0 saturated carbocycles. The monoisotopic (exact) mass is 276 g/mol. The summed E-state index contributed by atoms with van der Waals surface area (Å²) in [5.74, 6) is 1.46. The molecule has 2 rings (SSSR count). The van der Waals surface area contributed by atoms with E-state index in [0.717, 1.165) is 28.3 Å². The zero-order valence-corrected chi connectivity index (χ0v) is 12.3. The van der Waals surface area contributed by atoms with Crippen LogP contribution >= 0.6 is 0 Å². The van der Waals surface area contributed by atoms with Gasteiger partial charge in [-0.05, 0) is 37.2 Å². The number of hydrogen-bond acceptors (Lipinski definition) is 5. The Kier molecular flexibility index (Phi) is 4.57. The third-order valence-electron chi connectivity index (χ3n) is 3.12. The van der Waals surface area contributed by atoms with Crippen molar-refractivity contribution in [3.05, 3.63) is 35.2 Å². The van der Waals surface area contributed by atoms with Crippen molar-refractivity contribution < 1.29 is 9.47 Å². The van der Waals surface area contributed by atoms with Crippen LogP contribution in [0.5, 0.6) is 11.5 Å². The molecule has 6 nitrogen and oxygen atoms in total. The van der Waals surface area contributed by atoms with Gasteiger partial charge in [0.15, 0.2) is 11.5 Å². The predicted molar refractivity (Wildman–Crippen MR) is 76.2 cm³/mol. The van der Waals surface area contributed by atoms with E-state index in [0.29, 0.717) is 13.1 Å². The summed E-state index contributed by atoms with van der Waals surface area (Å²) < 4.78 is 12.4. The molecule has 0 aliphatic carbocycles. The van der Waals surface area contributed by atoms with Gasteiger partial charge in [0.25, 0.3) is 0 Å². The number of ether oxygens (including phenoxy) is 2. The van der Waals surface area contributed by atoms with Gasteiger partial charge in [0.2, 0.25) is 0 Å². The first-order valence-electron chi connectivity index (χ1n) is 6.43. The first kappa shape index (κ1) is 14.3. The Balaban J connectivity index is 2.23. The summed E-state index contributed by atoms with van der Waals surface area (Å²) in [5.41, 5.74) is 3.18. The van der Waals surface area contributed by atoms with Gasteiger partial charge in [0.05, 0.1) is 32.7 Å². The van der Waals surface area contributed by atoms with Crippen LogP contribution < -0.4 is 14.8 Å². The quantitative estimate of drug-likeness (QED) is 0.863. The molecule has 0 unspecified atom stereocenters. The molecule has 108 valence electrons. The van der Waals surface area contributed by atoms with Crippen LogP contribution in [-0.4, -0.2) is 36.3 Å². The standard InChI is InChI=1S/C14H20N4O2/c1-10-5-13(19-3)14(20-4)6-11(10)8-18-9-12(7-15-2)16-17-18/h5-6,9,15H,7-8H2,1-4H3. The van der Waals surface area contributed by atoms with E-state index in [-0.39, 0.29) is 0 Å². The highest BCUT2D eigenvalue weighted by Gasteiger charge is 2.10. The molecule has 1 aromatic heterocycles. The van der Waals surface area contributed by atoms with E-state index < -0.39 is 0 Å². The van der Waals surface area contributed by atoms with Crippen LogP contribution in [0, 0.1) is 6.92 Å². The van der Waals surface area contributed by atoms with E-state index in [4.69, 9.17) is 9.47 Å². The topological polar surface area (TPSA) is 61.2 Å². The first-order valence-corrected chi connectivity index (χ1v) is 6.43. The highest BCUT2D eigenvalue weighted by molar-refractivity contribution is 5.47. The maximum Gasteiger partial charge on any atom is 0.161 e. The van der Waals surface area contributed by atoms with Crippen molar-refractivity contribution in [3.8, 4) is 11.5 Å². The fraction of sp³-hybridized carbons (Fsp3) is 0.429. The van der Waals surface area contributed by atoms with Crippen molar-refractivity contribution in [2.45, 2.75) is 20.0 Å². The minimum atomic E-state index is 0.656. The summed E-state index contributed by atoms with van der Waals surface area (Å²) in [4.78, 5) is 0. The predicted octanol–water partition coefficient (Wildman–Crippen LogP) is 1.37. The summed E-state index contributed by atoms with van der Waals surface area (Å²) >= 11 is 0. The number of benzene rings is 1. The zero-order chi connectivity index (χ0) is 14.5.